The zero-order valence-electron chi connectivity index (χ0n) is 31.6. The third kappa shape index (κ3) is 4.13. The molecule has 4 aromatic heterocycles. The molecule has 6 heterocycles. The maximum atomic E-state index is 7.21. The summed E-state index contributed by atoms with van der Waals surface area (Å²) in [5.41, 5.74) is 19.4. The van der Waals surface area contributed by atoms with E-state index < -0.39 is 5.66 Å². The predicted molar refractivity (Wildman–Crippen MR) is 215 cm³/mol. The number of hydrogen-bond donors (Lipinski definition) is 0. The monoisotopic (exact) mass is 696 g/mol. The Kier molecular flexibility index (Phi) is 6.40. The van der Waals surface area contributed by atoms with E-state index in [9.17, 15) is 0 Å². The van der Waals surface area contributed by atoms with Gasteiger partial charge in [0.15, 0.2) is 18.0 Å². The second-order valence-corrected chi connectivity index (χ2v) is 18.0. The molecule has 0 saturated heterocycles. The van der Waals surface area contributed by atoms with Crippen molar-refractivity contribution in [2.75, 3.05) is 0 Å². The predicted octanol–water partition coefficient (Wildman–Crippen LogP) is 11.7. The number of rotatable bonds is 2. The highest BCUT2D eigenvalue weighted by Gasteiger charge is 2.67. The van der Waals surface area contributed by atoms with E-state index in [0.717, 1.165) is 17.6 Å². The second kappa shape index (κ2) is 10.5. The lowest BCUT2D eigenvalue weighted by molar-refractivity contribution is -0.955. The largest absolute Gasteiger partial charge is 0.454 e. The molecule has 3 nitrogen and oxygen atoms in total. The zero-order valence-corrected chi connectivity index (χ0v) is 32.4. The number of furan rings is 1. The molecule has 4 heteroatoms. The molecule has 1 spiro atoms. The van der Waals surface area contributed by atoms with Crippen LogP contribution in [0, 0.1) is 47.0 Å². The number of aromatic nitrogens is 2. The normalized spacial score (nSPS) is 15.9. The number of nitrogens with zero attached hydrogens (tertiary/aromatic N) is 2. The molecule has 4 aromatic carbocycles. The van der Waals surface area contributed by atoms with Gasteiger partial charge >= 0.3 is 5.66 Å². The summed E-state index contributed by atoms with van der Waals surface area (Å²) >= 11 is 1.83. The minimum atomic E-state index is -0.645. The van der Waals surface area contributed by atoms with Crippen molar-refractivity contribution in [1.82, 2.24) is 0 Å². The SMILES string of the molecule is Cc1ccc2c(c1)C1(c3ccc4c(oc5c4ccc4cc(C)sc45)c3-c3cc(CC(C)(C)C)c(-c4c(C)cccc4C)c[n+]31)[n+]1cc(C)c(C)cc1-2. The first kappa shape index (κ1) is 31.7. The fraction of sp³-hybridized carbons (Fsp3) is 0.250. The molecule has 0 bridgehead atoms. The average Bonchev–Trinajstić information content (AvgIpc) is 3.80. The van der Waals surface area contributed by atoms with E-state index in [-0.39, 0.29) is 5.41 Å². The summed E-state index contributed by atoms with van der Waals surface area (Å²) < 4.78 is 13.6. The third-order valence-electron chi connectivity index (χ3n) is 11.8. The Labute approximate surface area is 309 Å². The summed E-state index contributed by atoms with van der Waals surface area (Å²) in [6, 6.07) is 30.2. The lowest BCUT2D eigenvalue weighted by Gasteiger charge is -2.23. The van der Waals surface area contributed by atoms with Crippen LogP contribution in [0.1, 0.15) is 70.2 Å². The van der Waals surface area contributed by atoms with Crippen molar-refractivity contribution in [1.29, 1.82) is 0 Å². The number of fused-ring (bicyclic) bond motifs is 16. The van der Waals surface area contributed by atoms with Gasteiger partial charge < -0.3 is 4.42 Å². The van der Waals surface area contributed by atoms with Gasteiger partial charge in [0.1, 0.15) is 22.3 Å². The summed E-state index contributed by atoms with van der Waals surface area (Å²) in [5, 5.41) is 3.61. The summed E-state index contributed by atoms with van der Waals surface area (Å²) in [5.74, 6) is 0. The Morgan fingerprint density at radius 3 is 2.13 bits per heavy atom. The van der Waals surface area contributed by atoms with Gasteiger partial charge in [-0.3, -0.25) is 0 Å². The third-order valence-corrected chi connectivity index (χ3v) is 12.8. The first-order valence-corrected chi connectivity index (χ1v) is 19.4. The van der Waals surface area contributed by atoms with Crippen molar-refractivity contribution < 1.29 is 13.6 Å². The Balaban J connectivity index is 1.43. The average molecular weight is 697 g/mol. The van der Waals surface area contributed by atoms with E-state index in [4.69, 9.17) is 4.42 Å². The minimum absolute atomic E-state index is 0.0877. The molecule has 0 N–H and O–H groups in total. The maximum absolute atomic E-state index is 7.21. The van der Waals surface area contributed by atoms with Gasteiger partial charge in [-0.25, -0.2) is 0 Å². The van der Waals surface area contributed by atoms with Crippen LogP contribution in [0.25, 0.3) is 65.7 Å². The van der Waals surface area contributed by atoms with Gasteiger partial charge in [0.25, 0.3) is 0 Å². The molecule has 0 fully saturated rings. The summed E-state index contributed by atoms with van der Waals surface area (Å²) in [7, 11) is 0. The van der Waals surface area contributed by atoms with E-state index in [1.54, 1.807) is 0 Å². The van der Waals surface area contributed by atoms with E-state index in [1.165, 1.54) is 104 Å². The standard InChI is InChI=1S/C48H44N2OS/c1-26-13-15-36-39(19-26)48(49-24-30(5)29(4)20-40(36)49)38-18-17-34-35-16-14-32-21-31(6)52-46(32)45(35)51-44(34)43(38)41-22-33(23-47(7,8)9)37(25-50(41)48)42-27(2)11-10-12-28(42)3/h10-22,24-25H,23H2,1-9H3/q+2. The topological polar surface area (TPSA) is 20.9 Å². The minimum Gasteiger partial charge on any atom is -0.454 e. The van der Waals surface area contributed by atoms with Crippen LogP contribution >= 0.6 is 11.3 Å². The van der Waals surface area contributed by atoms with Crippen molar-refractivity contribution in [3.05, 3.63) is 141 Å². The van der Waals surface area contributed by atoms with Crippen LogP contribution in [0.5, 0.6) is 0 Å². The number of benzene rings is 4. The van der Waals surface area contributed by atoms with Crippen LogP contribution < -0.4 is 9.13 Å². The Bertz CT molecular complexity index is 2860. The van der Waals surface area contributed by atoms with Gasteiger partial charge in [0, 0.05) is 38.9 Å². The highest BCUT2D eigenvalue weighted by atomic mass is 32.1. The molecule has 0 saturated carbocycles. The quantitative estimate of drug-likeness (QED) is 0.165. The van der Waals surface area contributed by atoms with Gasteiger partial charge in [0.2, 0.25) is 11.4 Å². The molecule has 1 unspecified atom stereocenters. The van der Waals surface area contributed by atoms with Crippen LogP contribution in [0.4, 0.5) is 0 Å². The highest BCUT2D eigenvalue weighted by molar-refractivity contribution is 7.20. The van der Waals surface area contributed by atoms with Crippen molar-refractivity contribution in [2.24, 2.45) is 5.41 Å². The van der Waals surface area contributed by atoms with Crippen LogP contribution in [-0.2, 0) is 12.1 Å². The van der Waals surface area contributed by atoms with E-state index in [0.29, 0.717) is 0 Å². The molecule has 0 amide bonds. The molecule has 0 radical (unpaired) electrons. The summed E-state index contributed by atoms with van der Waals surface area (Å²) in [6.45, 7) is 20.5. The molecule has 2 aliphatic heterocycles. The molecule has 8 aromatic rings. The van der Waals surface area contributed by atoms with Gasteiger partial charge in [0.05, 0.1) is 10.3 Å². The number of thiophene rings is 1. The first-order valence-electron chi connectivity index (χ1n) is 18.5. The fourth-order valence-electron chi connectivity index (χ4n) is 9.48. The van der Waals surface area contributed by atoms with Gasteiger partial charge in [-0.2, -0.15) is 0 Å². The maximum Gasteiger partial charge on any atom is 0.417 e. The number of pyridine rings is 2. The Morgan fingerprint density at radius 1 is 0.635 bits per heavy atom. The molecule has 10 rings (SSSR count). The van der Waals surface area contributed by atoms with Crippen molar-refractivity contribution in [2.45, 2.75) is 74.4 Å². The Hall–Kier alpha value is -5.06. The molecule has 2 aliphatic rings. The Morgan fingerprint density at radius 2 is 1.37 bits per heavy atom. The van der Waals surface area contributed by atoms with E-state index >= 15 is 0 Å². The first-order chi connectivity index (χ1) is 24.8. The summed E-state index contributed by atoms with van der Waals surface area (Å²) in [4.78, 5) is 1.30. The van der Waals surface area contributed by atoms with Crippen LogP contribution in [0.3, 0.4) is 0 Å². The van der Waals surface area contributed by atoms with Gasteiger partial charge in [-0.1, -0.05) is 56.7 Å². The molecule has 52 heavy (non-hydrogen) atoms. The van der Waals surface area contributed by atoms with Gasteiger partial charge in [-0.05, 0) is 123 Å². The molecule has 1 atom stereocenters. The van der Waals surface area contributed by atoms with Crippen molar-refractivity contribution in [3.8, 4) is 33.6 Å². The smallest absolute Gasteiger partial charge is 0.417 e. The number of hydrogen-bond acceptors (Lipinski definition) is 2. The van der Waals surface area contributed by atoms with Crippen molar-refractivity contribution >= 4 is 43.4 Å². The molecule has 0 aliphatic carbocycles. The lowest BCUT2D eigenvalue weighted by atomic mass is 9.83. The van der Waals surface area contributed by atoms with E-state index in [1.807, 2.05) is 11.3 Å². The van der Waals surface area contributed by atoms with Crippen LogP contribution in [-0.4, -0.2) is 0 Å². The van der Waals surface area contributed by atoms with Crippen LogP contribution in [0.15, 0.2) is 95.7 Å². The van der Waals surface area contributed by atoms with Crippen molar-refractivity contribution in [3.63, 3.8) is 0 Å². The fourth-order valence-corrected chi connectivity index (χ4v) is 10.5. The van der Waals surface area contributed by atoms with Crippen LogP contribution in [0.2, 0.25) is 0 Å². The second-order valence-electron chi connectivity index (χ2n) is 16.8. The highest BCUT2D eigenvalue weighted by Crippen LogP contribution is 2.52. The number of aryl methyl sites for hydroxylation is 6. The molecule has 256 valence electrons. The van der Waals surface area contributed by atoms with Gasteiger partial charge in [-0.15, -0.1) is 20.5 Å². The molecular weight excluding hydrogens is 653 g/mol. The molecular formula is C48H44N2OS+2. The van der Waals surface area contributed by atoms with E-state index in [2.05, 4.69) is 163 Å². The lowest BCUT2D eigenvalue weighted by Crippen LogP contribution is -2.71. The zero-order chi connectivity index (χ0) is 36.0. The summed E-state index contributed by atoms with van der Waals surface area (Å²) in [6.07, 6.45) is 5.86.